The smallest absolute Gasteiger partial charge is 0.252 e. The molecule has 1 atom stereocenters. The number of hydrogen-bond donors (Lipinski definition) is 1. The summed E-state index contributed by atoms with van der Waals surface area (Å²) in [7, 11) is 0. The van der Waals surface area contributed by atoms with Gasteiger partial charge in [0.15, 0.2) is 0 Å². The Morgan fingerprint density at radius 3 is 2.56 bits per heavy atom. The number of likely N-dealkylation sites (tertiary alicyclic amines) is 1. The molecule has 2 heterocycles. The highest BCUT2D eigenvalue weighted by Gasteiger charge is 2.32. The molecule has 1 N–H and O–H groups in total. The van der Waals surface area contributed by atoms with Crippen molar-refractivity contribution in [1.82, 2.24) is 10.2 Å². The Morgan fingerprint density at radius 2 is 1.78 bits per heavy atom. The molecule has 0 saturated carbocycles. The highest BCUT2D eigenvalue weighted by atomic mass is 19.1. The Hall–Kier alpha value is -2.69. The fraction of sp³-hybridized carbons (Fsp3) is 0.364. The van der Waals surface area contributed by atoms with Crippen LogP contribution in [0.25, 0.3) is 0 Å². The number of amides is 2. The zero-order valence-corrected chi connectivity index (χ0v) is 15.2. The largest absolute Gasteiger partial charge is 0.345 e. The molecule has 0 radical (unpaired) electrons. The summed E-state index contributed by atoms with van der Waals surface area (Å²) in [5.74, 6) is 0.220. The molecule has 0 aliphatic carbocycles. The van der Waals surface area contributed by atoms with Crippen LogP contribution in [0, 0.1) is 11.7 Å². The maximum atomic E-state index is 13.8. The molecule has 4 rings (SSSR count). The van der Waals surface area contributed by atoms with E-state index < -0.39 is 0 Å². The molecular formula is C22H23FN2O2. The van der Waals surface area contributed by atoms with Crippen LogP contribution >= 0.6 is 0 Å². The average molecular weight is 366 g/mol. The first kappa shape index (κ1) is 17.7. The number of nitrogens with zero attached hydrogens (tertiary/aromatic N) is 1. The summed E-state index contributed by atoms with van der Waals surface area (Å²) in [6.07, 6.45) is 2.78. The van der Waals surface area contributed by atoms with Crippen molar-refractivity contribution in [3.05, 3.63) is 71.0 Å². The molecule has 5 heteroatoms. The van der Waals surface area contributed by atoms with Gasteiger partial charge in [-0.25, -0.2) is 4.39 Å². The number of piperidine rings is 1. The van der Waals surface area contributed by atoms with Gasteiger partial charge in [-0.05, 0) is 48.4 Å². The lowest BCUT2D eigenvalue weighted by atomic mass is 9.89. The van der Waals surface area contributed by atoms with Crippen molar-refractivity contribution in [3.8, 4) is 0 Å². The molecular weight excluding hydrogens is 343 g/mol. The van der Waals surface area contributed by atoms with Crippen LogP contribution in [0.1, 0.15) is 46.8 Å². The fourth-order valence-corrected chi connectivity index (χ4v) is 4.15. The molecule has 2 amide bonds. The number of rotatable bonds is 4. The van der Waals surface area contributed by atoms with Crippen LogP contribution < -0.4 is 5.32 Å². The molecule has 27 heavy (non-hydrogen) atoms. The number of benzene rings is 2. The maximum absolute atomic E-state index is 13.8. The predicted molar refractivity (Wildman–Crippen MR) is 101 cm³/mol. The van der Waals surface area contributed by atoms with Crippen molar-refractivity contribution < 1.29 is 14.0 Å². The van der Waals surface area contributed by atoms with Crippen molar-refractivity contribution in [1.29, 1.82) is 0 Å². The van der Waals surface area contributed by atoms with E-state index in [4.69, 9.17) is 0 Å². The van der Waals surface area contributed by atoms with Crippen molar-refractivity contribution >= 4 is 11.8 Å². The Bertz CT molecular complexity index is 859. The average Bonchev–Trinajstić information content (AvgIpc) is 3.00. The molecule has 0 aromatic heterocycles. The third kappa shape index (κ3) is 3.72. The number of nitrogens with one attached hydrogen (secondary N) is 1. The molecule has 2 aromatic carbocycles. The van der Waals surface area contributed by atoms with Crippen molar-refractivity contribution in [2.24, 2.45) is 5.92 Å². The zero-order valence-electron chi connectivity index (χ0n) is 15.2. The highest BCUT2D eigenvalue weighted by molar-refractivity contribution is 5.99. The van der Waals surface area contributed by atoms with Gasteiger partial charge in [-0.15, -0.1) is 0 Å². The van der Waals surface area contributed by atoms with E-state index in [1.807, 2.05) is 35.2 Å². The molecule has 0 bridgehead atoms. The Labute approximate surface area is 158 Å². The standard InChI is InChI=1S/C22H23FN2O2/c23-19-8-4-1-5-16(19)13-15-9-11-25(12-10-15)21(26)14-20-17-6-2-3-7-18(17)22(27)24-20/h1-8,15,20H,9-14H2,(H,24,27). The Balaban J connectivity index is 1.32. The van der Waals surface area contributed by atoms with E-state index in [0.717, 1.165) is 30.4 Å². The number of carbonyl (C=O) groups excluding carboxylic acids is 2. The molecule has 1 unspecified atom stereocenters. The minimum atomic E-state index is -0.239. The number of hydrogen-bond acceptors (Lipinski definition) is 2. The van der Waals surface area contributed by atoms with E-state index in [-0.39, 0.29) is 23.7 Å². The molecule has 2 aliphatic heterocycles. The van der Waals surface area contributed by atoms with Gasteiger partial charge in [0.2, 0.25) is 5.91 Å². The minimum Gasteiger partial charge on any atom is -0.345 e. The molecule has 1 fully saturated rings. The SMILES string of the molecule is O=C1NC(CC(=O)N2CCC(Cc3ccccc3F)CC2)c2ccccc21. The van der Waals surface area contributed by atoms with E-state index in [1.165, 1.54) is 6.07 Å². The summed E-state index contributed by atoms with van der Waals surface area (Å²) in [6, 6.07) is 14.1. The lowest BCUT2D eigenvalue weighted by Crippen LogP contribution is -2.40. The van der Waals surface area contributed by atoms with Crippen LogP contribution in [-0.4, -0.2) is 29.8 Å². The Kier molecular flexibility index (Phi) is 4.92. The van der Waals surface area contributed by atoms with E-state index in [0.29, 0.717) is 31.0 Å². The van der Waals surface area contributed by atoms with Gasteiger partial charge in [-0.3, -0.25) is 9.59 Å². The number of fused-ring (bicyclic) bond motifs is 1. The van der Waals surface area contributed by atoms with E-state index in [2.05, 4.69) is 5.32 Å². The fourth-order valence-electron chi connectivity index (χ4n) is 4.15. The van der Waals surface area contributed by atoms with Crippen LogP contribution in [0.15, 0.2) is 48.5 Å². The van der Waals surface area contributed by atoms with Crippen LogP contribution in [-0.2, 0) is 11.2 Å². The van der Waals surface area contributed by atoms with Gasteiger partial charge in [0.05, 0.1) is 12.5 Å². The Morgan fingerprint density at radius 1 is 1.07 bits per heavy atom. The van der Waals surface area contributed by atoms with Crippen molar-refractivity contribution in [2.75, 3.05) is 13.1 Å². The summed E-state index contributed by atoms with van der Waals surface area (Å²) in [5, 5.41) is 2.91. The molecule has 0 spiro atoms. The molecule has 2 aliphatic rings. The van der Waals surface area contributed by atoms with Crippen LogP contribution in [0.2, 0.25) is 0 Å². The first-order valence-electron chi connectivity index (χ1n) is 9.53. The summed E-state index contributed by atoms with van der Waals surface area (Å²) in [6.45, 7) is 1.39. The monoisotopic (exact) mass is 366 g/mol. The number of carbonyl (C=O) groups is 2. The first-order valence-corrected chi connectivity index (χ1v) is 9.53. The quantitative estimate of drug-likeness (QED) is 0.901. The lowest BCUT2D eigenvalue weighted by molar-refractivity contribution is -0.133. The minimum absolute atomic E-state index is 0.0707. The van der Waals surface area contributed by atoms with Crippen molar-refractivity contribution in [2.45, 2.75) is 31.7 Å². The van der Waals surface area contributed by atoms with Gasteiger partial charge in [0.1, 0.15) is 5.82 Å². The van der Waals surface area contributed by atoms with Crippen LogP contribution in [0.3, 0.4) is 0 Å². The normalized spacial score (nSPS) is 19.7. The summed E-state index contributed by atoms with van der Waals surface area (Å²) >= 11 is 0. The van der Waals surface area contributed by atoms with Crippen LogP contribution in [0.4, 0.5) is 4.39 Å². The lowest BCUT2D eigenvalue weighted by Gasteiger charge is -2.33. The topological polar surface area (TPSA) is 49.4 Å². The van der Waals surface area contributed by atoms with E-state index >= 15 is 0 Å². The molecule has 2 aromatic rings. The molecule has 4 nitrogen and oxygen atoms in total. The van der Waals surface area contributed by atoms with E-state index in [1.54, 1.807) is 12.1 Å². The molecule has 1 saturated heterocycles. The molecule has 140 valence electrons. The van der Waals surface area contributed by atoms with Gasteiger partial charge in [0.25, 0.3) is 5.91 Å². The highest BCUT2D eigenvalue weighted by Crippen LogP contribution is 2.29. The summed E-state index contributed by atoms with van der Waals surface area (Å²) < 4.78 is 13.8. The van der Waals surface area contributed by atoms with Gasteiger partial charge >= 0.3 is 0 Å². The summed E-state index contributed by atoms with van der Waals surface area (Å²) in [5.41, 5.74) is 2.33. The second-order valence-corrected chi connectivity index (χ2v) is 7.44. The van der Waals surface area contributed by atoms with Gasteiger partial charge in [-0.1, -0.05) is 36.4 Å². The maximum Gasteiger partial charge on any atom is 0.252 e. The predicted octanol–water partition coefficient (Wildman–Crippen LogP) is 3.48. The first-order chi connectivity index (χ1) is 13.1. The summed E-state index contributed by atoms with van der Waals surface area (Å²) in [4.78, 5) is 26.6. The third-order valence-corrected chi connectivity index (χ3v) is 5.70. The van der Waals surface area contributed by atoms with Gasteiger partial charge in [-0.2, -0.15) is 0 Å². The van der Waals surface area contributed by atoms with Crippen molar-refractivity contribution in [3.63, 3.8) is 0 Å². The van der Waals surface area contributed by atoms with Crippen LogP contribution in [0.5, 0.6) is 0 Å². The second-order valence-electron chi connectivity index (χ2n) is 7.44. The van der Waals surface area contributed by atoms with Gasteiger partial charge in [0, 0.05) is 18.7 Å². The third-order valence-electron chi connectivity index (χ3n) is 5.70. The van der Waals surface area contributed by atoms with E-state index in [9.17, 15) is 14.0 Å². The number of halogens is 1. The zero-order chi connectivity index (χ0) is 18.8. The van der Waals surface area contributed by atoms with Gasteiger partial charge < -0.3 is 10.2 Å². The second kappa shape index (κ2) is 7.51.